The van der Waals surface area contributed by atoms with E-state index in [1.165, 1.54) is 60.4 Å². The number of amides is 5. The minimum Gasteiger partial charge on any atom is -0.436 e. The number of hydrogen-bond acceptors (Lipinski definition) is 13. The molecule has 17 nitrogen and oxygen atoms in total. The maximum absolute atomic E-state index is 15.5. The van der Waals surface area contributed by atoms with Gasteiger partial charge in [-0.15, -0.1) is 11.3 Å². The van der Waals surface area contributed by atoms with Crippen molar-refractivity contribution in [1.29, 1.82) is 5.26 Å². The van der Waals surface area contributed by atoms with Crippen LogP contribution < -0.4 is 30.5 Å². The molecule has 0 unspecified atom stereocenters. The number of aliphatic hydroxyl groups is 1. The second kappa shape index (κ2) is 22.8. The second-order valence-corrected chi connectivity index (χ2v) is 20.7. The molecule has 24 heteroatoms. The van der Waals surface area contributed by atoms with Gasteiger partial charge in [-0.3, -0.25) is 28.9 Å². The molecule has 400 valence electrons. The van der Waals surface area contributed by atoms with Gasteiger partial charge in [0.2, 0.25) is 17.7 Å². The molecule has 2 aliphatic rings. The number of alkyl halides is 3. The molecular weight excluding hydrogens is 1040 g/mol. The number of carbonyl (C=O) groups excluding carboxylic acids is 5. The van der Waals surface area contributed by atoms with Crippen molar-refractivity contribution < 1.29 is 60.5 Å². The summed E-state index contributed by atoms with van der Waals surface area (Å²) in [5.74, 6) is -6.32. The summed E-state index contributed by atoms with van der Waals surface area (Å²) in [7, 11) is 0. The van der Waals surface area contributed by atoms with Gasteiger partial charge in [0.15, 0.2) is 16.7 Å². The summed E-state index contributed by atoms with van der Waals surface area (Å²) in [6.45, 7) is 9.85. The lowest BCUT2D eigenvalue weighted by atomic mass is 9.85. The van der Waals surface area contributed by atoms with Crippen molar-refractivity contribution in [3.8, 4) is 28.1 Å². The molecule has 0 bridgehead atoms. The summed E-state index contributed by atoms with van der Waals surface area (Å²) in [5, 5.41) is 27.6. The number of likely N-dealkylation sites (tertiary alicyclic amines) is 1. The third kappa shape index (κ3) is 12.3. The van der Waals surface area contributed by atoms with Crippen LogP contribution in [-0.2, 0) is 36.6 Å². The van der Waals surface area contributed by atoms with Crippen molar-refractivity contribution in [2.24, 2.45) is 5.41 Å². The molecule has 0 radical (unpaired) electrons. The number of nitriles is 1. The highest BCUT2D eigenvalue weighted by Crippen LogP contribution is 2.42. The van der Waals surface area contributed by atoms with Crippen LogP contribution in [0.2, 0.25) is 0 Å². The van der Waals surface area contributed by atoms with Crippen LogP contribution in [0.25, 0.3) is 10.4 Å². The van der Waals surface area contributed by atoms with E-state index in [1.807, 2.05) is 31.2 Å². The van der Waals surface area contributed by atoms with Crippen LogP contribution in [0.4, 0.5) is 33.3 Å². The zero-order valence-corrected chi connectivity index (χ0v) is 43.5. The second-order valence-electron chi connectivity index (χ2n) is 19.5. The lowest BCUT2D eigenvalue weighted by Crippen LogP contribution is -2.58. The summed E-state index contributed by atoms with van der Waals surface area (Å²) in [5.41, 5.74) is -1.51. The Balaban J connectivity index is 0.858. The number of β-amino-alcohol motifs (C(OH)–C–C–N with tert-alkyl or cyclic N) is 1. The number of nitrogens with zero attached hydrogens (tertiary/aromatic N) is 6. The number of nitrogens with one attached hydrogen (secondary N) is 3. The number of aryl methyl sites for hydroxylation is 1. The first kappa shape index (κ1) is 56.3. The fraction of sp³-hybridized carbons (Fsp3) is 0.365. The number of thiocarbonyl (C=S) groups is 1. The Hall–Kier alpha value is -7.46. The van der Waals surface area contributed by atoms with Crippen LogP contribution in [0.5, 0.6) is 11.6 Å². The molecular formula is C52H52F5N9O8S2. The number of carbonyl (C=O) groups is 5. The van der Waals surface area contributed by atoms with Crippen molar-refractivity contribution >= 4 is 69.6 Å². The normalized spacial score (nSPS) is 16.9. The third-order valence-electron chi connectivity index (χ3n) is 12.5. The van der Waals surface area contributed by atoms with E-state index < -0.39 is 111 Å². The van der Waals surface area contributed by atoms with Crippen molar-refractivity contribution in [3.63, 3.8) is 0 Å². The summed E-state index contributed by atoms with van der Waals surface area (Å²) in [4.78, 5) is 79.2. The zero-order chi connectivity index (χ0) is 55.4. The molecule has 0 saturated carbocycles. The van der Waals surface area contributed by atoms with Gasteiger partial charge in [-0.05, 0) is 92.4 Å². The van der Waals surface area contributed by atoms with Crippen molar-refractivity contribution in [2.45, 2.75) is 90.8 Å². The smallest absolute Gasteiger partial charge is 0.420 e. The number of hydrogen-bond donors (Lipinski definition) is 4. The number of rotatable bonds is 17. The van der Waals surface area contributed by atoms with E-state index in [9.17, 15) is 42.3 Å². The van der Waals surface area contributed by atoms with E-state index in [2.05, 4.69) is 25.9 Å². The Morgan fingerprint density at radius 2 is 1.71 bits per heavy atom. The molecule has 3 atom stereocenters. The summed E-state index contributed by atoms with van der Waals surface area (Å²) in [6, 6.07) is 15.0. The molecule has 0 spiro atoms. The van der Waals surface area contributed by atoms with E-state index in [-0.39, 0.29) is 49.7 Å². The molecule has 3 aromatic carbocycles. The minimum absolute atomic E-state index is 0.0333. The van der Waals surface area contributed by atoms with Gasteiger partial charge in [0, 0.05) is 44.3 Å². The maximum atomic E-state index is 15.5. The highest BCUT2D eigenvalue weighted by Gasteiger charge is 2.52. The number of aliphatic hydroxyl groups excluding tert-OH is 1. The predicted octanol–water partition coefficient (Wildman–Crippen LogP) is 7.34. The molecule has 2 fully saturated rings. The Kier molecular flexibility index (Phi) is 16.9. The quantitative estimate of drug-likeness (QED) is 0.0408. The molecule has 2 aromatic heterocycles. The van der Waals surface area contributed by atoms with E-state index in [0.717, 1.165) is 51.0 Å². The number of pyridine rings is 1. The van der Waals surface area contributed by atoms with Crippen LogP contribution in [0.1, 0.15) is 80.2 Å². The highest BCUT2D eigenvalue weighted by atomic mass is 32.1. The molecule has 4 heterocycles. The van der Waals surface area contributed by atoms with Crippen LogP contribution in [0.3, 0.4) is 0 Å². The molecule has 0 aliphatic carbocycles. The molecule has 4 N–H and O–H groups in total. The monoisotopic (exact) mass is 1090 g/mol. The molecule has 7 rings (SSSR count). The van der Waals surface area contributed by atoms with Crippen molar-refractivity contribution in [2.75, 3.05) is 36.1 Å². The SMILES string of the molecule is Cc1ncsc1-c1ccc(CNC(=O)[C@@H]2C[C@@H](O)CN2C(=O)[C@@H](NC(=O)COCCCNC(=O)c2ccc(Oc3ncc(N4C(=S)N(c5ccc(C#N)c(C(F)(F)F)c5F)C(=O)C4(C)C)cc3F)cc2)C(C)(C)C)cc1. The first-order valence-corrected chi connectivity index (χ1v) is 24.9. The van der Waals surface area contributed by atoms with Crippen LogP contribution in [0, 0.1) is 35.3 Å². The van der Waals surface area contributed by atoms with Crippen LogP contribution >= 0.6 is 23.6 Å². The first-order valence-electron chi connectivity index (χ1n) is 23.6. The third-order valence-corrected chi connectivity index (χ3v) is 13.9. The molecule has 76 heavy (non-hydrogen) atoms. The number of ether oxygens (including phenoxy) is 2. The average molecular weight is 1090 g/mol. The van der Waals surface area contributed by atoms with Gasteiger partial charge in [0.05, 0.1) is 51.4 Å². The van der Waals surface area contributed by atoms with Crippen LogP contribution in [0.15, 0.2) is 78.4 Å². The largest absolute Gasteiger partial charge is 0.436 e. The van der Waals surface area contributed by atoms with Gasteiger partial charge < -0.3 is 40.3 Å². The van der Waals surface area contributed by atoms with Gasteiger partial charge in [-0.1, -0.05) is 45.0 Å². The van der Waals surface area contributed by atoms with Gasteiger partial charge in [0.1, 0.15) is 35.5 Å². The number of benzene rings is 3. The van der Waals surface area contributed by atoms with Crippen molar-refractivity contribution in [1.82, 2.24) is 30.8 Å². The van der Waals surface area contributed by atoms with Gasteiger partial charge in [-0.25, -0.2) is 18.7 Å². The van der Waals surface area contributed by atoms with E-state index in [1.54, 1.807) is 26.3 Å². The van der Waals surface area contributed by atoms with E-state index >= 15 is 8.78 Å². The Bertz CT molecular complexity index is 3090. The molecule has 2 saturated heterocycles. The number of halogens is 5. The maximum Gasteiger partial charge on any atom is 0.420 e. The molecule has 5 aromatic rings. The van der Waals surface area contributed by atoms with Gasteiger partial charge >= 0.3 is 6.18 Å². The Labute approximate surface area is 443 Å². The Morgan fingerprint density at radius 3 is 2.33 bits per heavy atom. The van der Waals surface area contributed by atoms with Gasteiger partial charge in [0.25, 0.3) is 17.7 Å². The highest BCUT2D eigenvalue weighted by molar-refractivity contribution is 7.81. The lowest BCUT2D eigenvalue weighted by molar-refractivity contribution is -0.144. The number of anilines is 2. The standard InChI is InChI=1S/C52H52F5N9O8S2/c1-28-42(76-27-62-28)30-10-8-29(9-11-30)23-60-45(70)38-21-34(67)25-64(38)47(71)43(50(2,3)4)63-39(68)26-73-19-7-18-59-44(69)31-12-15-35(16-13-31)74-46-36(53)20-33(24-61-46)66-49(75)65(48(72)51(66,5)6)37-17-14-32(22-58)40(41(37)54)52(55,56)57/h8-17,20,24,27,34,38,43,67H,7,18-19,21,23,25-26H2,1-6H3,(H,59,69)(H,60,70)(H,63,68)/t34-,38+,43-/m1/s1. The Morgan fingerprint density at radius 1 is 1.01 bits per heavy atom. The summed E-state index contributed by atoms with van der Waals surface area (Å²) < 4.78 is 83.4. The number of thiazole rings is 1. The summed E-state index contributed by atoms with van der Waals surface area (Å²) in [6.07, 6.45) is -4.78. The zero-order valence-electron chi connectivity index (χ0n) is 41.9. The average Bonchev–Trinajstić information content (AvgIpc) is 4.07. The first-order chi connectivity index (χ1) is 35.8. The molecule has 2 aliphatic heterocycles. The van der Waals surface area contributed by atoms with Crippen LogP contribution in [-0.4, -0.2) is 105 Å². The van der Waals surface area contributed by atoms with Gasteiger partial charge in [-0.2, -0.15) is 18.4 Å². The topological polar surface area (TPSA) is 219 Å². The van der Waals surface area contributed by atoms with E-state index in [0.29, 0.717) is 11.3 Å². The van der Waals surface area contributed by atoms with E-state index in [4.69, 9.17) is 27.0 Å². The fourth-order valence-electron chi connectivity index (χ4n) is 8.57. The number of aromatic nitrogens is 2. The van der Waals surface area contributed by atoms with Crippen molar-refractivity contribution in [3.05, 3.63) is 118 Å². The minimum atomic E-state index is -5.27. The summed E-state index contributed by atoms with van der Waals surface area (Å²) >= 11 is 6.95. The predicted molar refractivity (Wildman–Crippen MR) is 273 cm³/mol. The molecule has 5 amide bonds. The fourth-order valence-corrected chi connectivity index (χ4v) is 9.90. The lowest BCUT2D eigenvalue weighted by Gasteiger charge is -2.35.